The summed E-state index contributed by atoms with van der Waals surface area (Å²) in [6.45, 7) is 2.72. The first kappa shape index (κ1) is 17.7. The smallest absolute Gasteiger partial charge is 0.248 e. The van der Waals surface area contributed by atoms with E-state index in [-0.39, 0.29) is 11.8 Å². The van der Waals surface area contributed by atoms with Crippen molar-refractivity contribution >= 4 is 29.3 Å². The van der Waals surface area contributed by atoms with Crippen LogP contribution in [0.15, 0.2) is 48.5 Å². The monoisotopic (exact) mass is 350 g/mol. The van der Waals surface area contributed by atoms with Gasteiger partial charge in [-0.2, -0.15) is 0 Å². The van der Waals surface area contributed by atoms with Crippen LogP contribution in [0.3, 0.4) is 0 Å². The summed E-state index contributed by atoms with van der Waals surface area (Å²) >= 11 is 0. The lowest BCUT2D eigenvalue weighted by Crippen LogP contribution is -2.24. The van der Waals surface area contributed by atoms with Crippen LogP contribution in [0.1, 0.15) is 24.0 Å². The first-order valence-corrected chi connectivity index (χ1v) is 8.61. The minimum atomic E-state index is -0.224. The van der Waals surface area contributed by atoms with E-state index in [0.717, 1.165) is 17.7 Å². The molecule has 1 fully saturated rings. The SMILES string of the molecule is COc1cc(NC(=O)/C=C/c2ccc(C)cc2)ccc1N1CCCC1=O. The van der Waals surface area contributed by atoms with Crippen molar-refractivity contribution in [1.82, 2.24) is 0 Å². The van der Waals surface area contributed by atoms with Crippen molar-refractivity contribution in [1.29, 1.82) is 0 Å². The van der Waals surface area contributed by atoms with E-state index in [9.17, 15) is 9.59 Å². The van der Waals surface area contributed by atoms with Gasteiger partial charge in [-0.1, -0.05) is 29.8 Å². The summed E-state index contributed by atoms with van der Waals surface area (Å²) in [7, 11) is 1.56. The van der Waals surface area contributed by atoms with Crippen molar-refractivity contribution in [2.45, 2.75) is 19.8 Å². The van der Waals surface area contributed by atoms with Gasteiger partial charge in [0.15, 0.2) is 0 Å². The van der Waals surface area contributed by atoms with Gasteiger partial charge in [-0.3, -0.25) is 9.59 Å². The van der Waals surface area contributed by atoms with Gasteiger partial charge in [-0.05, 0) is 37.1 Å². The number of carbonyl (C=O) groups excluding carboxylic acids is 2. The van der Waals surface area contributed by atoms with E-state index < -0.39 is 0 Å². The first-order chi connectivity index (χ1) is 12.6. The quantitative estimate of drug-likeness (QED) is 0.835. The van der Waals surface area contributed by atoms with E-state index in [0.29, 0.717) is 24.4 Å². The highest BCUT2D eigenvalue weighted by atomic mass is 16.5. The summed E-state index contributed by atoms with van der Waals surface area (Å²) in [4.78, 5) is 25.8. The number of methoxy groups -OCH3 is 1. The Balaban J connectivity index is 1.70. The number of nitrogens with zero attached hydrogens (tertiary/aromatic N) is 1. The minimum absolute atomic E-state index is 0.0983. The molecule has 0 aromatic heterocycles. The van der Waals surface area contributed by atoms with E-state index in [4.69, 9.17) is 4.74 Å². The predicted molar refractivity (Wildman–Crippen MR) is 103 cm³/mol. The van der Waals surface area contributed by atoms with Crippen LogP contribution in [0.4, 0.5) is 11.4 Å². The average molecular weight is 350 g/mol. The Morgan fingerprint density at radius 3 is 2.62 bits per heavy atom. The van der Waals surface area contributed by atoms with E-state index in [1.165, 1.54) is 11.6 Å². The Hall–Kier alpha value is -3.08. The molecule has 3 rings (SSSR count). The van der Waals surface area contributed by atoms with Gasteiger partial charge in [0, 0.05) is 30.8 Å². The third kappa shape index (κ3) is 4.11. The molecule has 2 aromatic carbocycles. The molecular formula is C21H22N2O3. The number of rotatable bonds is 5. The second-order valence-electron chi connectivity index (χ2n) is 6.27. The van der Waals surface area contributed by atoms with Gasteiger partial charge in [-0.15, -0.1) is 0 Å². The molecule has 5 heteroatoms. The molecule has 0 aliphatic carbocycles. The molecule has 1 N–H and O–H groups in total. The molecule has 5 nitrogen and oxygen atoms in total. The molecule has 0 unspecified atom stereocenters. The number of carbonyl (C=O) groups is 2. The predicted octanol–water partition coefficient (Wildman–Crippen LogP) is 3.78. The topological polar surface area (TPSA) is 58.6 Å². The van der Waals surface area contributed by atoms with Crippen LogP contribution in [0.2, 0.25) is 0 Å². The third-order valence-corrected chi connectivity index (χ3v) is 4.32. The second-order valence-corrected chi connectivity index (χ2v) is 6.27. The van der Waals surface area contributed by atoms with E-state index in [2.05, 4.69) is 5.32 Å². The lowest BCUT2D eigenvalue weighted by molar-refractivity contribution is -0.117. The molecule has 2 amide bonds. The zero-order valence-corrected chi connectivity index (χ0v) is 15.0. The van der Waals surface area contributed by atoms with Crippen molar-refractivity contribution in [2.24, 2.45) is 0 Å². The van der Waals surface area contributed by atoms with Crippen molar-refractivity contribution < 1.29 is 14.3 Å². The van der Waals surface area contributed by atoms with Gasteiger partial charge in [-0.25, -0.2) is 0 Å². The maximum Gasteiger partial charge on any atom is 0.248 e. The fourth-order valence-electron chi connectivity index (χ4n) is 2.91. The number of ether oxygens (including phenoxy) is 1. The zero-order valence-electron chi connectivity index (χ0n) is 15.0. The van der Waals surface area contributed by atoms with E-state index in [1.807, 2.05) is 31.2 Å². The highest BCUT2D eigenvalue weighted by Crippen LogP contribution is 2.33. The molecule has 0 saturated carbocycles. The minimum Gasteiger partial charge on any atom is -0.494 e. The molecule has 1 aliphatic heterocycles. The summed E-state index contributed by atoms with van der Waals surface area (Å²) < 4.78 is 5.41. The molecule has 0 bridgehead atoms. The van der Waals surface area contributed by atoms with Crippen LogP contribution < -0.4 is 15.0 Å². The van der Waals surface area contributed by atoms with Crippen molar-refractivity contribution in [3.8, 4) is 5.75 Å². The lowest BCUT2D eigenvalue weighted by Gasteiger charge is -2.19. The number of amides is 2. The van der Waals surface area contributed by atoms with Crippen LogP contribution in [0, 0.1) is 6.92 Å². The molecule has 0 spiro atoms. The van der Waals surface area contributed by atoms with Crippen LogP contribution in [0.5, 0.6) is 5.75 Å². The van der Waals surface area contributed by atoms with Gasteiger partial charge in [0.1, 0.15) is 5.75 Å². The molecule has 1 aliphatic rings. The summed E-state index contributed by atoms with van der Waals surface area (Å²) in [5.74, 6) is 0.444. The van der Waals surface area contributed by atoms with Crippen LogP contribution in [-0.2, 0) is 9.59 Å². The number of nitrogens with one attached hydrogen (secondary N) is 1. The third-order valence-electron chi connectivity index (χ3n) is 4.32. The normalized spacial score (nSPS) is 14.1. The number of aryl methyl sites for hydroxylation is 1. The number of anilines is 2. The molecule has 0 atom stereocenters. The molecular weight excluding hydrogens is 328 g/mol. The van der Waals surface area contributed by atoms with Gasteiger partial charge < -0.3 is 15.0 Å². The zero-order chi connectivity index (χ0) is 18.5. The standard InChI is InChI=1S/C21H22N2O3/c1-15-5-7-16(8-6-15)9-12-20(24)22-17-10-11-18(19(14-17)26-2)23-13-3-4-21(23)25/h5-12,14H,3-4,13H2,1-2H3,(H,22,24)/b12-9+. The Kier molecular flexibility index (Phi) is 5.37. The van der Waals surface area contributed by atoms with Crippen LogP contribution >= 0.6 is 0 Å². The van der Waals surface area contributed by atoms with Crippen LogP contribution in [-0.4, -0.2) is 25.5 Å². The largest absolute Gasteiger partial charge is 0.494 e. The summed E-state index contributed by atoms with van der Waals surface area (Å²) in [6, 6.07) is 13.2. The van der Waals surface area contributed by atoms with Gasteiger partial charge >= 0.3 is 0 Å². The summed E-state index contributed by atoms with van der Waals surface area (Å²) in [6.07, 6.45) is 4.67. The molecule has 1 saturated heterocycles. The van der Waals surface area contributed by atoms with Crippen molar-refractivity contribution in [3.05, 3.63) is 59.7 Å². The summed E-state index contributed by atoms with van der Waals surface area (Å²) in [5.41, 5.74) is 3.50. The van der Waals surface area contributed by atoms with Gasteiger partial charge in [0.2, 0.25) is 11.8 Å². The molecule has 26 heavy (non-hydrogen) atoms. The average Bonchev–Trinajstić information content (AvgIpc) is 3.07. The number of benzene rings is 2. The molecule has 134 valence electrons. The Bertz CT molecular complexity index is 841. The first-order valence-electron chi connectivity index (χ1n) is 8.61. The fourth-order valence-corrected chi connectivity index (χ4v) is 2.91. The summed E-state index contributed by atoms with van der Waals surface area (Å²) in [5, 5.41) is 2.82. The maximum absolute atomic E-state index is 12.1. The molecule has 0 radical (unpaired) electrons. The van der Waals surface area contributed by atoms with Crippen LogP contribution in [0.25, 0.3) is 6.08 Å². The van der Waals surface area contributed by atoms with E-state index >= 15 is 0 Å². The van der Waals surface area contributed by atoms with Crippen molar-refractivity contribution in [2.75, 3.05) is 23.9 Å². The second kappa shape index (κ2) is 7.87. The highest BCUT2D eigenvalue weighted by Gasteiger charge is 2.24. The number of hydrogen-bond acceptors (Lipinski definition) is 3. The Morgan fingerprint density at radius 1 is 1.19 bits per heavy atom. The Labute approximate surface area is 153 Å². The van der Waals surface area contributed by atoms with E-state index in [1.54, 1.807) is 36.3 Å². The maximum atomic E-state index is 12.1. The fraction of sp³-hybridized carbons (Fsp3) is 0.238. The molecule has 1 heterocycles. The lowest BCUT2D eigenvalue weighted by atomic mass is 10.1. The van der Waals surface area contributed by atoms with Crippen molar-refractivity contribution in [3.63, 3.8) is 0 Å². The number of hydrogen-bond donors (Lipinski definition) is 1. The van der Waals surface area contributed by atoms with Gasteiger partial charge in [0.05, 0.1) is 12.8 Å². The Morgan fingerprint density at radius 2 is 1.96 bits per heavy atom. The van der Waals surface area contributed by atoms with Gasteiger partial charge in [0.25, 0.3) is 0 Å². The molecule has 2 aromatic rings. The highest BCUT2D eigenvalue weighted by molar-refractivity contribution is 6.02.